The smallest absolute Gasteiger partial charge is 0.238 e. The number of hydrogen-bond donors (Lipinski definition) is 4. The molecule has 2 amide bonds. The highest BCUT2D eigenvalue weighted by molar-refractivity contribution is 6.14. The van der Waals surface area contributed by atoms with E-state index in [0.29, 0.717) is 24.2 Å². The van der Waals surface area contributed by atoms with Crippen molar-refractivity contribution in [1.29, 1.82) is 0 Å². The van der Waals surface area contributed by atoms with Gasteiger partial charge in [-0.05, 0) is 37.1 Å². The topological polar surface area (TPSA) is 117 Å². The number of benzene rings is 1. The van der Waals surface area contributed by atoms with Crippen LogP contribution in [0.1, 0.15) is 19.8 Å². The maximum Gasteiger partial charge on any atom is 0.238 e. The van der Waals surface area contributed by atoms with E-state index in [1.54, 1.807) is 24.3 Å². The van der Waals surface area contributed by atoms with Crippen LogP contribution in [-0.4, -0.2) is 22.9 Å². The van der Waals surface area contributed by atoms with Crippen molar-refractivity contribution in [2.24, 2.45) is 16.3 Å². The number of anilines is 2. The summed E-state index contributed by atoms with van der Waals surface area (Å²) in [5.74, 6) is -0.518. The fourth-order valence-corrected chi connectivity index (χ4v) is 1.91. The van der Waals surface area contributed by atoms with E-state index < -0.39 is 5.41 Å². The molecule has 20 heavy (non-hydrogen) atoms. The van der Waals surface area contributed by atoms with E-state index in [4.69, 9.17) is 10.9 Å². The first-order chi connectivity index (χ1) is 9.48. The summed E-state index contributed by atoms with van der Waals surface area (Å²) in [6.07, 6.45) is 1.14. The Morgan fingerprint density at radius 1 is 1.20 bits per heavy atom. The maximum atomic E-state index is 12.1. The third kappa shape index (κ3) is 2.71. The summed E-state index contributed by atoms with van der Waals surface area (Å²) in [7, 11) is 0. The van der Waals surface area contributed by atoms with Crippen LogP contribution in [0.25, 0.3) is 0 Å². The molecule has 7 nitrogen and oxygen atoms in total. The molecule has 1 aliphatic rings. The van der Waals surface area contributed by atoms with Crippen LogP contribution in [0.3, 0.4) is 0 Å². The lowest BCUT2D eigenvalue weighted by Gasteiger charge is -2.13. The Kier molecular flexibility index (Phi) is 3.60. The fourth-order valence-electron chi connectivity index (χ4n) is 1.91. The fraction of sp³-hybridized carbons (Fsp3) is 0.308. The molecule has 1 aromatic rings. The van der Waals surface area contributed by atoms with Crippen molar-refractivity contribution in [2.75, 3.05) is 10.6 Å². The van der Waals surface area contributed by atoms with Crippen LogP contribution >= 0.6 is 0 Å². The summed E-state index contributed by atoms with van der Waals surface area (Å²) < 4.78 is 0. The standard InChI is InChI=1S/C13H16N4O3/c1-8(18)15-9-2-4-10(5-3-9)16-12(19)13(6-7-13)11(14)17-20/h2-5,20H,6-7H2,1H3,(H2,14,17)(H,15,18)(H,16,19). The second-order valence-corrected chi connectivity index (χ2v) is 4.78. The maximum absolute atomic E-state index is 12.1. The number of rotatable bonds is 4. The van der Waals surface area contributed by atoms with E-state index in [1.807, 2.05) is 0 Å². The van der Waals surface area contributed by atoms with Gasteiger partial charge in [0, 0.05) is 18.3 Å². The number of nitrogens with one attached hydrogen (secondary N) is 2. The minimum absolute atomic E-state index is 0.0649. The Balaban J connectivity index is 2.04. The number of nitrogens with zero attached hydrogens (tertiary/aromatic N) is 1. The Morgan fingerprint density at radius 2 is 1.70 bits per heavy atom. The van der Waals surface area contributed by atoms with Gasteiger partial charge in [0.1, 0.15) is 5.41 Å². The molecular formula is C13H16N4O3. The zero-order valence-electron chi connectivity index (χ0n) is 11.0. The number of nitrogens with two attached hydrogens (primary N) is 1. The lowest BCUT2D eigenvalue weighted by molar-refractivity contribution is -0.119. The molecule has 1 saturated carbocycles. The van der Waals surface area contributed by atoms with Crippen molar-refractivity contribution < 1.29 is 14.8 Å². The molecular weight excluding hydrogens is 260 g/mol. The predicted octanol–water partition coefficient (Wildman–Crippen LogP) is 1.11. The van der Waals surface area contributed by atoms with Crippen molar-refractivity contribution in [3.8, 4) is 0 Å². The molecule has 0 aliphatic heterocycles. The van der Waals surface area contributed by atoms with Crippen LogP contribution in [0.2, 0.25) is 0 Å². The van der Waals surface area contributed by atoms with Crippen molar-refractivity contribution in [1.82, 2.24) is 0 Å². The van der Waals surface area contributed by atoms with E-state index in [2.05, 4.69) is 15.8 Å². The third-order valence-corrected chi connectivity index (χ3v) is 3.25. The predicted molar refractivity (Wildman–Crippen MR) is 74.5 cm³/mol. The molecule has 1 aromatic carbocycles. The van der Waals surface area contributed by atoms with E-state index in [9.17, 15) is 9.59 Å². The molecule has 0 radical (unpaired) electrons. The van der Waals surface area contributed by atoms with Crippen LogP contribution < -0.4 is 16.4 Å². The highest BCUT2D eigenvalue weighted by atomic mass is 16.4. The van der Waals surface area contributed by atoms with Gasteiger partial charge in [-0.1, -0.05) is 5.16 Å². The quantitative estimate of drug-likeness (QED) is 0.285. The average Bonchev–Trinajstić information content (AvgIpc) is 3.21. The van der Waals surface area contributed by atoms with Gasteiger partial charge in [-0.25, -0.2) is 0 Å². The molecule has 106 valence electrons. The van der Waals surface area contributed by atoms with Gasteiger partial charge >= 0.3 is 0 Å². The summed E-state index contributed by atoms with van der Waals surface area (Å²) >= 11 is 0. The lowest BCUT2D eigenvalue weighted by Crippen LogP contribution is -2.36. The Hall–Kier alpha value is -2.57. The first-order valence-corrected chi connectivity index (χ1v) is 6.15. The SMILES string of the molecule is CC(=O)Nc1ccc(NC(=O)C2(/C(N)=N/O)CC2)cc1. The van der Waals surface area contributed by atoms with Gasteiger partial charge in [0.15, 0.2) is 5.84 Å². The first-order valence-electron chi connectivity index (χ1n) is 6.15. The largest absolute Gasteiger partial charge is 0.409 e. The minimum Gasteiger partial charge on any atom is -0.409 e. The van der Waals surface area contributed by atoms with Crippen LogP contribution in [0, 0.1) is 5.41 Å². The lowest BCUT2D eigenvalue weighted by atomic mass is 10.1. The zero-order valence-corrected chi connectivity index (χ0v) is 11.0. The Bertz CT molecular complexity index is 561. The van der Waals surface area contributed by atoms with Gasteiger partial charge < -0.3 is 21.6 Å². The van der Waals surface area contributed by atoms with E-state index >= 15 is 0 Å². The number of carbonyl (C=O) groups excluding carboxylic acids is 2. The molecule has 7 heteroatoms. The van der Waals surface area contributed by atoms with Crippen molar-refractivity contribution >= 4 is 29.0 Å². The molecule has 5 N–H and O–H groups in total. The minimum atomic E-state index is -0.884. The molecule has 1 fully saturated rings. The molecule has 2 rings (SSSR count). The highest BCUT2D eigenvalue weighted by Gasteiger charge is 2.54. The monoisotopic (exact) mass is 276 g/mol. The second-order valence-electron chi connectivity index (χ2n) is 4.78. The summed E-state index contributed by atoms with van der Waals surface area (Å²) in [4.78, 5) is 23.0. The van der Waals surface area contributed by atoms with Crippen LogP contribution in [0.15, 0.2) is 29.4 Å². The normalized spacial score (nSPS) is 16.4. The molecule has 1 aliphatic carbocycles. The summed E-state index contributed by atoms with van der Waals surface area (Å²) in [6.45, 7) is 1.42. The molecule has 0 heterocycles. The Morgan fingerprint density at radius 3 is 2.10 bits per heavy atom. The average molecular weight is 276 g/mol. The van der Waals surface area contributed by atoms with Gasteiger partial charge in [-0.15, -0.1) is 0 Å². The van der Waals surface area contributed by atoms with Crippen LogP contribution in [0.5, 0.6) is 0 Å². The zero-order chi connectivity index (χ0) is 14.8. The highest BCUT2D eigenvalue weighted by Crippen LogP contribution is 2.46. The summed E-state index contributed by atoms with van der Waals surface area (Å²) in [6, 6.07) is 6.71. The molecule has 0 bridgehead atoms. The number of oxime groups is 1. The molecule has 0 spiro atoms. The van der Waals surface area contributed by atoms with E-state index in [0.717, 1.165) is 0 Å². The van der Waals surface area contributed by atoms with Crippen LogP contribution in [-0.2, 0) is 9.59 Å². The molecule has 0 unspecified atom stereocenters. The van der Waals surface area contributed by atoms with Crippen LogP contribution in [0.4, 0.5) is 11.4 Å². The van der Waals surface area contributed by atoms with Crippen molar-refractivity contribution in [3.63, 3.8) is 0 Å². The molecule has 0 aromatic heterocycles. The van der Waals surface area contributed by atoms with Gasteiger partial charge in [0.25, 0.3) is 0 Å². The second kappa shape index (κ2) is 5.20. The number of amidine groups is 1. The van der Waals surface area contributed by atoms with Crippen molar-refractivity contribution in [2.45, 2.75) is 19.8 Å². The van der Waals surface area contributed by atoms with Gasteiger partial charge in [0.05, 0.1) is 0 Å². The number of hydrogen-bond acceptors (Lipinski definition) is 4. The number of carbonyl (C=O) groups is 2. The van der Waals surface area contributed by atoms with Gasteiger partial charge in [-0.2, -0.15) is 0 Å². The summed E-state index contributed by atoms with van der Waals surface area (Å²) in [5.41, 5.74) is 5.89. The number of amides is 2. The summed E-state index contributed by atoms with van der Waals surface area (Å²) in [5, 5.41) is 17.0. The first kappa shape index (κ1) is 13.9. The third-order valence-electron chi connectivity index (χ3n) is 3.25. The van der Waals surface area contributed by atoms with Gasteiger partial charge in [-0.3, -0.25) is 9.59 Å². The molecule has 0 atom stereocenters. The van der Waals surface area contributed by atoms with E-state index in [1.165, 1.54) is 6.92 Å². The van der Waals surface area contributed by atoms with E-state index in [-0.39, 0.29) is 17.6 Å². The molecule has 0 saturated heterocycles. The van der Waals surface area contributed by atoms with Crippen molar-refractivity contribution in [3.05, 3.63) is 24.3 Å². The Labute approximate surface area is 115 Å². The van der Waals surface area contributed by atoms with Gasteiger partial charge in [0.2, 0.25) is 11.8 Å².